The van der Waals surface area contributed by atoms with E-state index in [1.807, 2.05) is 22.6 Å². The molecule has 20 heavy (non-hydrogen) atoms. The number of anilines is 2. The maximum absolute atomic E-state index is 13.6. The Labute approximate surface area is 129 Å². The van der Waals surface area contributed by atoms with Crippen LogP contribution in [-0.4, -0.2) is 5.91 Å². The predicted octanol–water partition coefficient (Wildman–Crippen LogP) is 3.76. The molecule has 1 amide bonds. The number of nitrogens with one attached hydrogen (secondary N) is 1. The molecule has 2 aromatic rings. The van der Waals surface area contributed by atoms with E-state index in [0.29, 0.717) is 20.7 Å². The topological polar surface area (TPSA) is 64.3 Å². The molecule has 2 aromatic carbocycles. The van der Waals surface area contributed by atoms with Gasteiger partial charge in [0.1, 0.15) is 5.82 Å². The van der Waals surface area contributed by atoms with E-state index in [1.54, 1.807) is 24.3 Å². The standard InChI is InChI=1S/C14H12FIN2O2/c1-8(19)18-12-4-2-3-5-13(12)20-14-6-9(15)10(16)7-11(14)17/h2-7H,17H2,1H3,(H,18,19). The molecule has 0 atom stereocenters. The first-order valence-corrected chi connectivity index (χ1v) is 6.84. The van der Waals surface area contributed by atoms with Crippen LogP contribution in [0.2, 0.25) is 0 Å². The van der Waals surface area contributed by atoms with Gasteiger partial charge in [-0.3, -0.25) is 4.79 Å². The molecule has 0 aliphatic heterocycles. The van der Waals surface area contributed by atoms with Gasteiger partial charge in [0.25, 0.3) is 0 Å². The second-order valence-corrected chi connectivity index (χ2v) is 5.25. The molecule has 0 aromatic heterocycles. The zero-order chi connectivity index (χ0) is 14.7. The van der Waals surface area contributed by atoms with Crippen molar-refractivity contribution in [1.29, 1.82) is 0 Å². The van der Waals surface area contributed by atoms with Crippen LogP contribution in [0, 0.1) is 9.39 Å². The smallest absolute Gasteiger partial charge is 0.221 e. The Morgan fingerprint density at radius 2 is 2.00 bits per heavy atom. The number of rotatable bonds is 3. The summed E-state index contributed by atoms with van der Waals surface area (Å²) in [5.41, 5.74) is 6.63. The Balaban J connectivity index is 2.35. The highest BCUT2D eigenvalue weighted by molar-refractivity contribution is 14.1. The van der Waals surface area contributed by atoms with Crippen LogP contribution in [0.4, 0.5) is 15.8 Å². The first kappa shape index (κ1) is 14.6. The first-order valence-electron chi connectivity index (χ1n) is 5.76. The third-order valence-corrected chi connectivity index (χ3v) is 3.30. The number of benzene rings is 2. The number of ether oxygens (including phenoxy) is 1. The van der Waals surface area contributed by atoms with Gasteiger partial charge in [-0.2, -0.15) is 0 Å². The van der Waals surface area contributed by atoms with E-state index in [-0.39, 0.29) is 11.7 Å². The SMILES string of the molecule is CC(=O)Nc1ccccc1Oc1cc(F)c(I)cc1N. The van der Waals surface area contributed by atoms with Crippen molar-refractivity contribution in [3.05, 3.63) is 45.8 Å². The van der Waals surface area contributed by atoms with Crippen LogP contribution in [0.3, 0.4) is 0 Å². The molecular weight excluding hydrogens is 374 g/mol. The van der Waals surface area contributed by atoms with Crippen molar-refractivity contribution >= 4 is 39.9 Å². The van der Waals surface area contributed by atoms with E-state index < -0.39 is 5.82 Å². The molecule has 0 spiro atoms. The summed E-state index contributed by atoms with van der Waals surface area (Å²) in [6.07, 6.45) is 0. The average molecular weight is 386 g/mol. The molecule has 0 aliphatic rings. The van der Waals surface area contributed by atoms with Crippen LogP contribution >= 0.6 is 22.6 Å². The minimum Gasteiger partial charge on any atom is -0.453 e. The summed E-state index contributed by atoms with van der Waals surface area (Å²) < 4.78 is 19.6. The molecule has 0 bridgehead atoms. The number of halogens is 2. The van der Waals surface area contributed by atoms with Crippen molar-refractivity contribution in [3.8, 4) is 11.5 Å². The molecule has 0 unspecified atom stereocenters. The molecule has 104 valence electrons. The summed E-state index contributed by atoms with van der Waals surface area (Å²) in [4.78, 5) is 11.1. The fourth-order valence-electron chi connectivity index (χ4n) is 1.60. The molecule has 0 radical (unpaired) electrons. The number of nitrogen functional groups attached to an aromatic ring is 1. The van der Waals surface area contributed by atoms with Gasteiger partial charge in [-0.1, -0.05) is 12.1 Å². The number of hydrogen-bond acceptors (Lipinski definition) is 3. The highest BCUT2D eigenvalue weighted by atomic mass is 127. The van der Waals surface area contributed by atoms with Crippen molar-refractivity contribution in [2.45, 2.75) is 6.92 Å². The van der Waals surface area contributed by atoms with Gasteiger partial charge in [0.2, 0.25) is 5.91 Å². The van der Waals surface area contributed by atoms with E-state index >= 15 is 0 Å². The van der Waals surface area contributed by atoms with E-state index in [0.717, 1.165) is 0 Å². The molecule has 0 aliphatic carbocycles. The number of amides is 1. The molecule has 6 heteroatoms. The molecule has 0 saturated heterocycles. The number of nitrogens with two attached hydrogens (primary N) is 1. The van der Waals surface area contributed by atoms with E-state index in [1.165, 1.54) is 19.1 Å². The number of para-hydroxylation sites is 2. The Morgan fingerprint density at radius 3 is 2.70 bits per heavy atom. The average Bonchev–Trinajstić information content (AvgIpc) is 2.37. The zero-order valence-corrected chi connectivity index (χ0v) is 12.8. The minimum absolute atomic E-state index is 0.209. The lowest BCUT2D eigenvalue weighted by Gasteiger charge is -2.13. The normalized spacial score (nSPS) is 10.2. The molecule has 4 nitrogen and oxygen atoms in total. The minimum atomic E-state index is -0.410. The molecule has 0 fully saturated rings. The van der Waals surface area contributed by atoms with Gasteiger partial charge >= 0.3 is 0 Å². The summed E-state index contributed by atoms with van der Waals surface area (Å²) >= 11 is 1.85. The first-order chi connectivity index (χ1) is 9.47. The third-order valence-electron chi connectivity index (χ3n) is 2.47. The van der Waals surface area contributed by atoms with Crippen molar-refractivity contribution in [2.24, 2.45) is 0 Å². The van der Waals surface area contributed by atoms with Crippen molar-refractivity contribution in [3.63, 3.8) is 0 Å². The van der Waals surface area contributed by atoms with Crippen LogP contribution in [-0.2, 0) is 4.79 Å². The highest BCUT2D eigenvalue weighted by Crippen LogP contribution is 2.34. The summed E-state index contributed by atoms with van der Waals surface area (Å²) in [7, 11) is 0. The van der Waals surface area contributed by atoms with Crippen molar-refractivity contribution < 1.29 is 13.9 Å². The summed E-state index contributed by atoms with van der Waals surface area (Å²) in [6.45, 7) is 1.40. The van der Waals surface area contributed by atoms with Crippen molar-refractivity contribution in [2.75, 3.05) is 11.1 Å². The lowest BCUT2D eigenvalue weighted by atomic mass is 10.2. The second kappa shape index (κ2) is 6.08. The maximum Gasteiger partial charge on any atom is 0.221 e. The maximum atomic E-state index is 13.6. The van der Waals surface area contributed by atoms with Crippen LogP contribution in [0.25, 0.3) is 0 Å². The van der Waals surface area contributed by atoms with Crippen LogP contribution in [0.5, 0.6) is 11.5 Å². The molecule has 0 heterocycles. The van der Waals surface area contributed by atoms with Crippen LogP contribution in [0.1, 0.15) is 6.92 Å². The summed E-state index contributed by atoms with van der Waals surface area (Å²) in [5.74, 6) is -0.0228. The Hall–Kier alpha value is -1.83. The van der Waals surface area contributed by atoms with E-state index in [4.69, 9.17) is 10.5 Å². The molecular formula is C14H12FIN2O2. The largest absolute Gasteiger partial charge is 0.453 e. The quantitative estimate of drug-likeness (QED) is 0.624. The van der Waals surface area contributed by atoms with Gasteiger partial charge in [0.15, 0.2) is 11.5 Å². The number of carbonyl (C=O) groups excluding carboxylic acids is 1. The fourth-order valence-corrected chi connectivity index (χ4v) is 2.09. The second-order valence-electron chi connectivity index (χ2n) is 4.08. The zero-order valence-electron chi connectivity index (χ0n) is 10.6. The third kappa shape index (κ3) is 3.38. The van der Waals surface area contributed by atoms with Gasteiger partial charge < -0.3 is 15.8 Å². The van der Waals surface area contributed by atoms with Gasteiger partial charge in [0.05, 0.1) is 14.9 Å². The van der Waals surface area contributed by atoms with Crippen LogP contribution in [0.15, 0.2) is 36.4 Å². The van der Waals surface area contributed by atoms with Crippen LogP contribution < -0.4 is 15.8 Å². The molecule has 3 N–H and O–H groups in total. The Morgan fingerprint density at radius 1 is 1.30 bits per heavy atom. The van der Waals surface area contributed by atoms with Gasteiger partial charge in [-0.05, 0) is 40.8 Å². The highest BCUT2D eigenvalue weighted by Gasteiger charge is 2.11. The monoisotopic (exact) mass is 386 g/mol. The lowest BCUT2D eigenvalue weighted by molar-refractivity contribution is -0.114. The van der Waals surface area contributed by atoms with Gasteiger partial charge in [-0.25, -0.2) is 4.39 Å². The van der Waals surface area contributed by atoms with Gasteiger partial charge in [-0.15, -0.1) is 0 Å². The van der Waals surface area contributed by atoms with Gasteiger partial charge in [0, 0.05) is 13.0 Å². The Bertz CT molecular complexity index is 662. The fraction of sp³-hybridized carbons (Fsp3) is 0.0714. The van der Waals surface area contributed by atoms with E-state index in [9.17, 15) is 9.18 Å². The predicted molar refractivity (Wildman–Crippen MR) is 84.3 cm³/mol. The Kier molecular flexibility index (Phi) is 4.43. The van der Waals surface area contributed by atoms with Crippen molar-refractivity contribution in [1.82, 2.24) is 0 Å². The summed E-state index contributed by atoms with van der Waals surface area (Å²) in [5, 5.41) is 2.64. The number of carbonyl (C=O) groups is 1. The number of hydrogen-bond donors (Lipinski definition) is 2. The summed E-state index contributed by atoms with van der Waals surface area (Å²) in [6, 6.07) is 9.58. The lowest BCUT2D eigenvalue weighted by Crippen LogP contribution is -2.07. The van der Waals surface area contributed by atoms with E-state index in [2.05, 4.69) is 5.32 Å². The molecule has 2 rings (SSSR count). The molecule has 0 saturated carbocycles.